The van der Waals surface area contributed by atoms with E-state index in [4.69, 9.17) is 14.2 Å². The third kappa shape index (κ3) is 27.3. The second kappa shape index (κ2) is 41.6. The van der Waals surface area contributed by atoms with Crippen molar-refractivity contribution in [2.75, 3.05) is 131 Å². The van der Waals surface area contributed by atoms with E-state index >= 15 is 0 Å². The first-order valence-electron chi connectivity index (χ1n) is 35.3. The Labute approximate surface area is 597 Å². The number of nitrogens with zero attached hydrogens (tertiary/aromatic N) is 9. The molecule has 4 aliphatic carbocycles. The van der Waals surface area contributed by atoms with Gasteiger partial charge in [0.2, 0.25) is 0 Å². The van der Waals surface area contributed by atoms with Gasteiger partial charge >= 0.3 is 71.8 Å². The summed E-state index contributed by atoms with van der Waals surface area (Å²) in [5.41, 5.74) is -0.412. The number of aliphatic carboxylic acids is 11. The lowest BCUT2D eigenvalue weighted by atomic mass is 9.43. The van der Waals surface area contributed by atoms with Crippen LogP contribution in [0.3, 0.4) is 0 Å². The zero-order chi connectivity index (χ0) is 76.3. The third-order valence-electron chi connectivity index (χ3n) is 21.8. The van der Waals surface area contributed by atoms with Crippen molar-refractivity contribution in [3.05, 3.63) is 0 Å². The molecule has 0 aromatic carbocycles. The molecular weight excluding hydrogens is 1360 g/mol. The summed E-state index contributed by atoms with van der Waals surface area (Å²) in [6.07, 6.45) is 7.36. The van der Waals surface area contributed by atoms with Crippen molar-refractivity contribution >= 4 is 84.6 Å². The maximum absolute atomic E-state index is 14.3. The molecule has 1 aliphatic heterocycles. The molecule has 0 spiro atoms. The molecule has 14 atom stereocenters. The van der Waals surface area contributed by atoms with E-state index in [0.717, 1.165) is 51.7 Å². The summed E-state index contributed by atoms with van der Waals surface area (Å²) in [6.45, 7) is -0.248. The van der Waals surface area contributed by atoms with Crippen LogP contribution in [0.5, 0.6) is 0 Å². The number of fused-ring (bicyclic) bond motifs is 5. The molecular formula is C67H107N9O27. The summed E-state index contributed by atoms with van der Waals surface area (Å²) < 4.78 is 18.5. The number of carbonyl (C=O) groups excluding carboxylic acids is 1. The Balaban J connectivity index is 1.27. The molecule has 1 heterocycles. The van der Waals surface area contributed by atoms with Gasteiger partial charge in [-0.25, -0.2) is 4.79 Å². The minimum Gasteiger partial charge on any atom is -0.481 e. The van der Waals surface area contributed by atoms with Crippen LogP contribution in [0, 0.1) is 46.3 Å². The summed E-state index contributed by atoms with van der Waals surface area (Å²) in [4.78, 5) is 161. The number of aliphatic hydroxyl groups excluding tert-OH is 1. The number of unbranched alkanes of at least 4 members (excludes halogenated alkanes) is 2. The summed E-state index contributed by atoms with van der Waals surface area (Å²) in [7, 11) is 0. The molecule has 36 nitrogen and oxygen atoms in total. The topological polar surface area (TPSA) is 523 Å². The molecule has 103 heavy (non-hydrogen) atoms. The van der Waals surface area contributed by atoms with Gasteiger partial charge in [0.15, 0.2) is 25.0 Å². The SMILES string of the molecule is CC(CCC(=O)O)[C@H]1CCC2C3CC[C@@H]4CC(OC(=O)N5C[C@@H](OC=NCCCC[C@@H](C(=O)O)N(CCN(CC(=O)O)CC(=O)O)CCN(CC(=O)O)CC(=O)O)[C@H](OC=NCCCC[C@@H](C(=O)O)N(CCN(CC(=O)O)CC(=O)O)CCN(CC(=O)O)CC(=O)O)C5)CC[C@]4(C)C3C[C@H](O)[C@@]21C. The van der Waals surface area contributed by atoms with Crippen molar-refractivity contribution in [3.63, 3.8) is 0 Å². The quantitative estimate of drug-likeness (QED) is 0.0233. The average molecular weight is 1470 g/mol. The van der Waals surface area contributed by atoms with Crippen LogP contribution in [-0.2, 0) is 67.0 Å². The van der Waals surface area contributed by atoms with Crippen molar-refractivity contribution in [1.29, 1.82) is 0 Å². The molecule has 1 amide bonds. The molecule has 5 unspecified atom stereocenters. The first-order chi connectivity index (χ1) is 48.6. The molecule has 12 N–H and O–H groups in total. The molecule has 5 aliphatic rings. The fraction of sp³-hybridized carbons (Fsp3) is 0.791. The summed E-state index contributed by atoms with van der Waals surface area (Å²) in [5, 5.41) is 118. The Morgan fingerprint density at radius 1 is 0.485 bits per heavy atom. The number of rotatable bonds is 51. The number of hydrogen-bond acceptors (Lipinski definition) is 24. The van der Waals surface area contributed by atoms with Gasteiger partial charge in [-0.15, -0.1) is 0 Å². The molecule has 0 radical (unpaired) electrons. The number of aliphatic imine (C=N–C) groups is 2. The maximum Gasteiger partial charge on any atom is 0.410 e. The first-order valence-corrected chi connectivity index (χ1v) is 35.3. The minimum atomic E-state index is -1.34. The standard InChI is InChI=1S/C67H107N9O27/c1-42(10-15-54(78)79)46-13-14-47-45-12-11-43-28-44(16-17-66(43,2)48(45)29-53(77)67(46,47)3)103-65(100)76-30-51(101-40-68-18-6-4-8-49(63(96)97)74(24-20-70(32-55(80)81)33-56(82)83)25-21-71(34-57(84)85)35-58(86)87)52(31-76)102-41-69-19-7-5-9-50(64(98)99)75(26-22-72(36-59(88)89)37-60(90)91)27-23-73(38-61(92)93)39-62(94)95/h40-53,77H,4-39H2,1-3H3,(H,78,79)(H,80,81)(H,82,83)(H,84,85)(H,86,87)(H,88,89)(H,90,91)(H,92,93)(H,94,95)(H,96,97)(H,98,99)/t42?,43-,44?,45?,46-,47?,48?,49+,50+,51-,52-,53+,66+,67-/m1/s1. The number of aliphatic hydroxyl groups is 1. The number of amides is 1. The molecule has 5 rings (SSSR count). The fourth-order valence-corrected chi connectivity index (χ4v) is 16.8. The van der Waals surface area contributed by atoms with Crippen LogP contribution in [0.15, 0.2) is 9.98 Å². The number of likely N-dealkylation sites (tertiary alicyclic amines) is 1. The third-order valence-corrected chi connectivity index (χ3v) is 21.8. The van der Waals surface area contributed by atoms with Gasteiger partial charge in [0.05, 0.1) is 71.6 Å². The fourth-order valence-electron chi connectivity index (χ4n) is 16.8. The normalized spacial score (nSPS) is 25.5. The number of carbonyl (C=O) groups is 12. The Morgan fingerprint density at radius 3 is 1.25 bits per heavy atom. The van der Waals surface area contributed by atoms with E-state index in [-0.39, 0.29) is 145 Å². The largest absolute Gasteiger partial charge is 0.481 e. The highest BCUT2D eigenvalue weighted by atomic mass is 16.6. The monoisotopic (exact) mass is 1470 g/mol. The number of hydrogen-bond donors (Lipinski definition) is 12. The lowest BCUT2D eigenvalue weighted by Gasteiger charge is -2.62. The van der Waals surface area contributed by atoms with Crippen LogP contribution in [0.1, 0.15) is 124 Å². The summed E-state index contributed by atoms with van der Waals surface area (Å²) >= 11 is 0. The maximum atomic E-state index is 14.3. The van der Waals surface area contributed by atoms with Gasteiger partial charge in [0.1, 0.15) is 18.2 Å². The highest BCUT2D eigenvalue weighted by Gasteiger charge is 2.64. The molecule has 36 heteroatoms. The Hall–Kier alpha value is -7.90. The number of carboxylic acid groups (broad SMARTS) is 11. The second-order valence-electron chi connectivity index (χ2n) is 28.7. The van der Waals surface area contributed by atoms with Gasteiger partial charge < -0.3 is 80.4 Å². The van der Waals surface area contributed by atoms with Gasteiger partial charge in [0, 0.05) is 71.9 Å². The van der Waals surface area contributed by atoms with Crippen molar-refractivity contribution in [1.82, 2.24) is 34.3 Å². The van der Waals surface area contributed by atoms with Crippen LogP contribution in [-0.4, -0.2) is 348 Å². The van der Waals surface area contributed by atoms with Crippen LogP contribution in [0.4, 0.5) is 4.79 Å². The van der Waals surface area contributed by atoms with E-state index in [1.165, 1.54) is 27.5 Å². The van der Waals surface area contributed by atoms with E-state index in [1.807, 2.05) is 0 Å². The predicted molar refractivity (Wildman–Crippen MR) is 361 cm³/mol. The molecule has 0 aromatic heterocycles. The van der Waals surface area contributed by atoms with Crippen molar-refractivity contribution in [2.45, 2.75) is 160 Å². The van der Waals surface area contributed by atoms with Crippen LogP contribution in [0.25, 0.3) is 0 Å². The smallest absolute Gasteiger partial charge is 0.410 e. The van der Waals surface area contributed by atoms with Crippen molar-refractivity contribution in [3.8, 4) is 0 Å². The summed E-state index contributed by atoms with van der Waals surface area (Å²) in [5.74, 6) is -12.5. The molecule has 1 saturated heterocycles. The van der Waals surface area contributed by atoms with Gasteiger partial charge in [-0.3, -0.25) is 92.1 Å². The van der Waals surface area contributed by atoms with Crippen LogP contribution in [0.2, 0.25) is 0 Å². The molecule has 0 aromatic rings. The molecule has 582 valence electrons. The zero-order valence-corrected chi connectivity index (χ0v) is 59.1. The van der Waals surface area contributed by atoms with Gasteiger partial charge in [0.25, 0.3) is 0 Å². The molecule has 5 fully saturated rings. The first kappa shape index (κ1) is 85.7. The predicted octanol–water partition coefficient (Wildman–Crippen LogP) is 1.50. The van der Waals surface area contributed by atoms with E-state index in [0.29, 0.717) is 50.4 Å². The Bertz CT molecular complexity index is 2670. The molecule has 0 bridgehead atoms. The zero-order valence-electron chi connectivity index (χ0n) is 59.1. The van der Waals surface area contributed by atoms with Gasteiger partial charge in [-0.05, 0) is 143 Å². The van der Waals surface area contributed by atoms with E-state index in [2.05, 4.69) is 30.8 Å². The van der Waals surface area contributed by atoms with Crippen molar-refractivity contribution in [2.24, 2.45) is 56.3 Å². The summed E-state index contributed by atoms with van der Waals surface area (Å²) in [6, 6.07) is -2.54. The number of carboxylic acids is 11. The minimum absolute atomic E-state index is 0.0143. The Kier molecular flexibility index (Phi) is 34.6. The van der Waals surface area contributed by atoms with E-state index in [9.17, 15) is 119 Å². The lowest BCUT2D eigenvalue weighted by molar-refractivity contribution is -0.175. The van der Waals surface area contributed by atoms with Crippen molar-refractivity contribution < 1.29 is 133 Å². The highest BCUT2D eigenvalue weighted by Crippen LogP contribution is 2.68. The van der Waals surface area contributed by atoms with Gasteiger partial charge in [-0.1, -0.05) is 20.8 Å². The van der Waals surface area contributed by atoms with Crippen LogP contribution >= 0.6 is 0 Å². The van der Waals surface area contributed by atoms with E-state index in [1.54, 1.807) is 0 Å². The Morgan fingerprint density at radius 2 is 0.883 bits per heavy atom. The van der Waals surface area contributed by atoms with Gasteiger partial charge in [-0.2, -0.15) is 0 Å². The molecule has 4 saturated carbocycles. The average Bonchev–Trinajstić information content (AvgIpc) is 1.66. The van der Waals surface area contributed by atoms with E-state index < -0.39 is 161 Å². The highest BCUT2D eigenvalue weighted by molar-refractivity contribution is 5.76. The second-order valence-corrected chi connectivity index (χ2v) is 28.7. The lowest BCUT2D eigenvalue weighted by Crippen LogP contribution is -2.59. The van der Waals surface area contributed by atoms with Crippen LogP contribution < -0.4 is 0 Å². The number of ether oxygens (including phenoxy) is 3.